The van der Waals surface area contributed by atoms with Gasteiger partial charge in [0.15, 0.2) is 0 Å². The molecular formula is C14H15FN2O. The van der Waals surface area contributed by atoms with E-state index in [1.807, 2.05) is 19.9 Å². The lowest BCUT2D eigenvalue weighted by Gasteiger charge is -2.16. The molecule has 0 N–H and O–H groups in total. The van der Waals surface area contributed by atoms with E-state index in [1.54, 1.807) is 7.05 Å². The minimum Gasteiger partial charge on any atom is -0.338 e. The fraction of sp³-hybridized carbons (Fsp3) is 0.286. The fourth-order valence-corrected chi connectivity index (χ4v) is 1.46. The quantitative estimate of drug-likeness (QED) is 0.769. The number of carbonyl (C=O) groups is 1. The highest BCUT2D eigenvalue weighted by Crippen LogP contribution is 2.12. The number of amides is 1. The molecule has 3 nitrogen and oxygen atoms in total. The minimum atomic E-state index is -0.411. The van der Waals surface area contributed by atoms with Crippen LogP contribution in [0.1, 0.15) is 25.0 Å². The van der Waals surface area contributed by atoms with Gasteiger partial charge >= 0.3 is 0 Å². The molecule has 0 unspecified atom stereocenters. The molecule has 0 heterocycles. The van der Waals surface area contributed by atoms with Crippen molar-refractivity contribution in [3.05, 3.63) is 46.8 Å². The van der Waals surface area contributed by atoms with E-state index in [1.165, 1.54) is 29.2 Å². The van der Waals surface area contributed by atoms with Gasteiger partial charge in [0.25, 0.3) is 0 Å². The third kappa shape index (κ3) is 3.70. The first-order chi connectivity index (χ1) is 8.43. The Kier molecular flexibility index (Phi) is 4.61. The number of nitrogens with zero attached hydrogens (tertiary/aromatic N) is 2. The Labute approximate surface area is 106 Å². The Balaban J connectivity index is 2.88. The molecule has 0 saturated heterocycles. The van der Waals surface area contributed by atoms with Gasteiger partial charge in [-0.2, -0.15) is 5.26 Å². The lowest BCUT2D eigenvalue weighted by Crippen LogP contribution is -2.25. The first-order valence-electron chi connectivity index (χ1n) is 5.52. The molecule has 0 bridgehead atoms. The zero-order chi connectivity index (χ0) is 13.7. The maximum absolute atomic E-state index is 13.5. The van der Waals surface area contributed by atoms with Gasteiger partial charge in [0.2, 0.25) is 5.91 Å². The zero-order valence-electron chi connectivity index (χ0n) is 10.7. The molecule has 0 atom stereocenters. The summed E-state index contributed by atoms with van der Waals surface area (Å²) in [5.41, 5.74) is 1.61. The smallest absolute Gasteiger partial charge is 0.246 e. The van der Waals surface area contributed by atoms with Crippen molar-refractivity contribution in [2.75, 3.05) is 7.05 Å². The van der Waals surface area contributed by atoms with Crippen molar-refractivity contribution < 1.29 is 9.18 Å². The number of hydrogen-bond donors (Lipinski definition) is 0. The first-order valence-corrected chi connectivity index (χ1v) is 5.52. The van der Waals surface area contributed by atoms with Crippen LogP contribution >= 0.6 is 0 Å². The van der Waals surface area contributed by atoms with Gasteiger partial charge in [0.1, 0.15) is 5.82 Å². The minimum absolute atomic E-state index is 0.143. The molecule has 0 radical (unpaired) electrons. The average molecular weight is 246 g/mol. The summed E-state index contributed by atoms with van der Waals surface area (Å²) in [5.74, 6) is -0.595. The van der Waals surface area contributed by atoms with Crippen LogP contribution < -0.4 is 0 Å². The van der Waals surface area contributed by atoms with Crippen LogP contribution in [0.4, 0.5) is 4.39 Å². The summed E-state index contributed by atoms with van der Waals surface area (Å²) < 4.78 is 13.5. The van der Waals surface area contributed by atoms with Crippen molar-refractivity contribution in [2.24, 2.45) is 0 Å². The second-order valence-corrected chi connectivity index (χ2v) is 4.33. The normalized spacial score (nSPS) is 9.50. The number of benzene rings is 1. The Morgan fingerprint density at radius 1 is 1.50 bits per heavy atom. The van der Waals surface area contributed by atoms with Gasteiger partial charge in [0, 0.05) is 25.2 Å². The molecule has 1 aromatic carbocycles. The van der Waals surface area contributed by atoms with Crippen molar-refractivity contribution in [1.29, 1.82) is 5.26 Å². The topological polar surface area (TPSA) is 44.1 Å². The second-order valence-electron chi connectivity index (χ2n) is 4.33. The molecule has 1 rings (SSSR count). The molecule has 0 aliphatic heterocycles. The highest BCUT2D eigenvalue weighted by atomic mass is 19.1. The Bertz CT molecular complexity index is 525. The molecule has 1 amide bonds. The molecule has 0 aromatic heterocycles. The molecule has 94 valence electrons. The summed E-state index contributed by atoms with van der Waals surface area (Å²) >= 11 is 0. The van der Waals surface area contributed by atoms with Crippen LogP contribution in [0.15, 0.2) is 29.8 Å². The van der Waals surface area contributed by atoms with E-state index >= 15 is 0 Å². The molecule has 0 aliphatic rings. The van der Waals surface area contributed by atoms with Crippen molar-refractivity contribution in [3.63, 3.8) is 0 Å². The number of carbonyl (C=O) groups excluding carboxylic acids is 1. The zero-order valence-corrected chi connectivity index (χ0v) is 10.7. The number of likely N-dealkylation sites (N-methyl/N-ethyl adjacent to an activating group) is 1. The standard InChI is InChI=1S/C14H15FN2O/c1-10(2)6-14(18)17(3)9-12-7-11(8-16)4-5-13(12)15/h4-7H,9H2,1-3H3. The van der Waals surface area contributed by atoms with Crippen LogP contribution in [-0.4, -0.2) is 17.9 Å². The third-order valence-corrected chi connectivity index (χ3v) is 2.37. The van der Waals surface area contributed by atoms with Gasteiger partial charge < -0.3 is 4.90 Å². The van der Waals surface area contributed by atoms with E-state index in [-0.39, 0.29) is 12.5 Å². The first kappa shape index (κ1) is 13.9. The lowest BCUT2D eigenvalue weighted by molar-refractivity contribution is -0.125. The van der Waals surface area contributed by atoms with E-state index in [0.29, 0.717) is 11.1 Å². The molecule has 0 fully saturated rings. The predicted octanol–water partition coefficient (Wildman–Crippen LogP) is 2.62. The van der Waals surface area contributed by atoms with Gasteiger partial charge in [-0.05, 0) is 32.0 Å². The predicted molar refractivity (Wildman–Crippen MR) is 67.0 cm³/mol. The van der Waals surface area contributed by atoms with E-state index in [4.69, 9.17) is 5.26 Å². The average Bonchev–Trinajstić information content (AvgIpc) is 2.31. The van der Waals surface area contributed by atoms with Crippen LogP contribution in [0.5, 0.6) is 0 Å². The number of nitriles is 1. The van der Waals surface area contributed by atoms with E-state index in [0.717, 1.165) is 5.57 Å². The molecule has 0 spiro atoms. The number of rotatable bonds is 3. The van der Waals surface area contributed by atoms with Crippen molar-refractivity contribution in [2.45, 2.75) is 20.4 Å². The highest BCUT2D eigenvalue weighted by molar-refractivity contribution is 5.87. The Hall–Kier alpha value is -2.15. The molecular weight excluding hydrogens is 231 g/mol. The Morgan fingerprint density at radius 3 is 2.72 bits per heavy atom. The van der Waals surface area contributed by atoms with E-state index in [2.05, 4.69) is 0 Å². The maximum Gasteiger partial charge on any atom is 0.246 e. The van der Waals surface area contributed by atoms with Gasteiger partial charge in [-0.1, -0.05) is 5.57 Å². The van der Waals surface area contributed by atoms with Gasteiger partial charge in [-0.3, -0.25) is 4.79 Å². The van der Waals surface area contributed by atoms with Crippen molar-refractivity contribution in [1.82, 2.24) is 4.90 Å². The van der Waals surface area contributed by atoms with Gasteiger partial charge in [-0.25, -0.2) is 4.39 Å². The van der Waals surface area contributed by atoms with Crippen molar-refractivity contribution >= 4 is 5.91 Å². The van der Waals surface area contributed by atoms with Crippen LogP contribution in [0.3, 0.4) is 0 Å². The van der Waals surface area contributed by atoms with Gasteiger partial charge in [0.05, 0.1) is 11.6 Å². The summed E-state index contributed by atoms with van der Waals surface area (Å²) in [4.78, 5) is 13.1. The summed E-state index contributed by atoms with van der Waals surface area (Å²) in [5, 5.41) is 8.75. The Morgan fingerprint density at radius 2 is 2.17 bits per heavy atom. The van der Waals surface area contributed by atoms with Crippen LogP contribution in [0.25, 0.3) is 0 Å². The summed E-state index contributed by atoms with van der Waals surface area (Å²) in [7, 11) is 1.60. The highest BCUT2D eigenvalue weighted by Gasteiger charge is 2.10. The largest absolute Gasteiger partial charge is 0.338 e. The molecule has 4 heteroatoms. The number of hydrogen-bond acceptors (Lipinski definition) is 2. The molecule has 0 aliphatic carbocycles. The number of allylic oxidation sites excluding steroid dienone is 1. The van der Waals surface area contributed by atoms with Crippen molar-refractivity contribution in [3.8, 4) is 6.07 Å². The van der Waals surface area contributed by atoms with E-state index in [9.17, 15) is 9.18 Å². The van der Waals surface area contributed by atoms with Crippen LogP contribution in [-0.2, 0) is 11.3 Å². The molecule has 0 saturated carbocycles. The van der Waals surface area contributed by atoms with Crippen LogP contribution in [0, 0.1) is 17.1 Å². The summed E-state index contributed by atoms with van der Waals surface area (Å²) in [6.45, 7) is 3.79. The third-order valence-electron chi connectivity index (χ3n) is 2.37. The molecule has 18 heavy (non-hydrogen) atoms. The second kappa shape index (κ2) is 5.97. The van der Waals surface area contributed by atoms with E-state index < -0.39 is 5.82 Å². The lowest BCUT2D eigenvalue weighted by atomic mass is 10.1. The SMILES string of the molecule is CC(C)=CC(=O)N(C)Cc1cc(C#N)ccc1F. The molecule has 1 aromatic rings. The fourth-order valence-electron chi connectivity index (χ4n) is 1.46. The maximum atomic E-state index is 13.5. The van der Waals surface area contributed by atoms with Crippen LogP contribution in [0.2, 0.25) is 0 Å². The number of halogens is 1. The summed E-state index contributed by atoms with van der Waals surface area (Å²) in [6, 6.07) is 6.06. The monoisotopic (exact) mass is 246 g/mol. The summed E-state index contributed by atoms with van der Waals surface area (Å²) in [6.07, 6.45) is 1.49. The van der Waals surface area contributed by atoms with Gasteiger partial charge in [-0.15, -0.1) is 0 Å².